The Morgan fingerprint density at radius 2 is 1.88 bits per heavy atom. The van der Waals surface area contributed by atoms with Crippen LogP contribution in [0.5, 0.6) is 0 Å². The minimum Gasteiger partial charge on any atom is -0.355 e. The summed E-state index contributed by atoms with van der Waals surface area (Å²) in [5.41, 5.74) is -0.602. The van der Waals surface area contributed by atoms with Crippen molar-refractivity contribution in [3.63, 3.8) is 0 Å². The number of nitrogens with zero attached hydrogens (tertiary/aromatic N) is 1. The average Bonchev–Trinajstić information content (AvgIpc) is 2.46. The van der Waals surface area contributed by atoms with Crippen molar-refractivity contribution in [1.29, 1.82) is 0 Å². The van der Waals surface area contributed by atoms with E-state index in [9.17, 15) is 8.42 Å². The molecule has 136 valence electrons. The first kappa shape index (κ1) is 20.8. The molecule has 3 N–H and O–H groups in total. The van der Waals surface area contributed by atoms with Gasteiger partial charge in [0.1, 0.15) is 0 Å². The van der Waals surface area contributed by atoms with E-state index in [-0.39, 0.29) is 0 Å². The van der Waals surface area contributed by atoms with E-state index < -0.39 is 15.6 Å². The third-order valence-corrected chi connectivity index (χ3v) is 5.06. The van der Waals surface area contributed by atoms with Crippen LogP contribution >= 0.6 is 11.8 Å². The van der Waals surface area contributed by atoms with E-state index in [0.29, 0.717) is 17.8 Å². The molecular weight excluding hydrogens is 344 g/mol. The Balaban J connectivity index is 2.42. The molecule has 0 aromatic heterocycles. The van der Waals surface area contributed by atoms with Crippen molar-refractivity contribution in [3.8, 4) is 0 Å². The Hall–Kier alpha value is -1.25. The summed E-state index contributed by atoms with van der Waals surface area (Å²) in [6.07, 6.45) is 1.16. The molecule has 0 fully saturated rings. The SMILES string of the molecule is CN=C(NCC(C)Sc1ccccc1)NCC(C)(C)NS(C)(=O)=O. The number of hydrogen-bond acceptors (Lipinski definition) is 4. The summed E-state index contributed by atoms with van der Waals surface area (Å²) in [5.74, 6) is 0.652. The second-order valence-electron chi connectivity index (χ2n) is 6.31. The largest absolute Gasteiger partial charge is 0.355 e. The van der Waals surface area contributed by atoms with Crippen molar-refractivity contribution in [1.82, 2.24) is 15.4 Å². The highest BCUT2D eigenvalue weighted by atomic mass is 32.2. The second kappa shape index (κ2) is 9.29. The number of guanidine groups is 1. The molecule has 1 aromatic rings. The van der Waals surface area contributed by atoms with Gasteiger partial charge in [-0.15, -0.1) is 11.8 Å². The summed E-state index contributed by atoms with van der Waals surface area (Å²) in [5, 5.41) is 6.79. The number of nitrogens with one attached hydrogen (secondary N) is 3. The van der Waals surface area contributed by atoms with E-state index in [1.807, 2.05) is 32.0 Å². The molecule has 0 aliphatic heterocycles. The molecule has 0 heterocycles. The molecular formula is C16H28N4O2S2. The number of aliphatic imine (C=N–C) groups is 1. The van der Waals surface area contributed by atoms with Crippen LogP contribution in [0.4, 0.5) is 0 Å². The summed E-state index contributed by atoms with van der Waals surface area (Å²) in [7, 11) is -1.55. The molecule has 1 aromatic carbocycles. The van der Waals surface area contributed by atoms with E-state index in [1.165, 1.54) is 4.90 Å². The highest BCUT2D eigenvalue weighted by molar-refractivity contribution is 8.00. The van der Waals surface area contributed by atoms with Gasteiger partial charge in [0, 0.05) is 35.8 Å². The van der Waals surface area contributed by atoms with Crippen molar-refractivity contribution in [2.75, 3.05) is 26.4 Å². The summed E-state index contributed by atoms with van der Waals surface area (Å²) in [6, 6.07) is 10.2. The molecule has 0 amide bonds. The molecule has 0 saturated heterocycles. The fourth-order valence-corrected chi connectivity index (χ4v) is 4.10. The lowest BCUT2D eigenvalue weighted by molar-refractivity contribution is 0.446. The number of rotatable bonds is 8. The maximum atomic E-state index is 11.4. The van der Waals surface area contributed by atoms with E-state index in [2.05, 4.69) is 39.4 Å². The van der Waals surface area contributed by atoms with Gasteiger partial charge in [-0.2, -0.15) is 0 Å². The maximum Gasteiger partial charge on any atom is 0.209 e. The van der Waals surface area contributed by atoms with Gasteiger partial charge >= 0.3 is 0 Å². The number of benzene rings is 1. The minimum atomic E-state index is -3.25. The van der Waals surface area contributed by atoms with Gasteiger partial charge in [-0.25, -0.2) is 13.1 Å². The molecule has 1 rings (SSSR count). The second-order valence-corrected chi connectivity index (χ2v) is 9.57. The Bertz CT molecular complexity index is 631. The minimum absolute atomic E-state index is 0.369. The van der Waals surface area contributed by atoms with Gasteiger partial charge in [-0.1, -0.05) is 25.1 Å². The van der Waals surface area contributed by atoms with Crippen molar-refractivity contribution in [3.05, 3.63) is 30.3 Å². The Kier molecular flexibility index (Phi) is 8.05. The lowest BCUT2D eigenvalue weighted by Gasteiger charge is -2.26. The smallest absolute Gasteiger partial charge is 0.209 e. The van der Waals surface area contributed by atoms with Gasteiger partial charge in [0.2, 0.25) is 10.0 Å². The number of thioether (sulfide) groups is 1. The molecule has 0 saturated carbocycles. The topological polar surface area (TPSA) is 82.6 Å². The Labute approximate surface area is 150 Å². The van der Waals surface area contributed by atoms with Crippen molar-refractivity contribution in [2.24, 2.45) is 4.99 Å². The van der Waals surface area contributed by atoms with Crippen LogP contribution in [0.1, 0.15) is 20.8 Å². The third kappa shape index (κ3) is 9.14. The fraction of sp³-hybridized carbons (Fsp3) is 0.562. The van der Waals surface area contributed by atoms with Crippen LogP contribution in [-0.4, -0.2) is 51.6 Å². The first-order valence-corrected chi connectivity index (χ1v) is 10.5. The standard InChI is InChI=1S/C16H28N4O2S2/c1-13(23-14-9-7-6-8-10-14)11-18-15(17-4)19-12-16(2,3)20-24(5,21)22/h6-10,13,20H,11-12H2,1-5H3,(H2,17,18,19). The lowest BCUT2D eigenvalue weighted by Crippen LogP contribution is -2.53. The van der Waals surface area contributed by atoms with Crippen molar-refractivity contribution < 1.29 is 8.42 Å². The molecule has 0 radical (unpaired) electrons. The number of hydrogen-bond donors (Lipinski definition) is 3. The van der Waals surface area contributed by atoms with Crippen LogP contribution in [0.3, 0.4) is 0 Å². The highest BCUT2D eigenvalue weighted by Crippen LogP contribution is 2.21. The van der Waals surface area contributed by atoms with Crippen LogP contribution in [0, 0.1) is 0 Å². The van der Waals surface area contributed by atoms with Gasteiger partial charge in [-0.05, 0) is 26.0 Å². The van der Waals surface area contributed by atoms with E-state index in [0.717, 1.165) is 12.8 Å². The van der Waals surface area contributed by atoms with Gasteiger partial charge in [0.25, 0.3) is 0 Å². The average molecular weight is 373 g/mol. The summed E-state index contributed by atoms with van der Waals surface area (Å²) >= 11 is 1.79. The molecule has 1 atom stereocenters. The zero-order valence-corrected chi connectivity index (χ0v) is 16.6. The van der Waals surface area contributed by atoms with Crippen molar-refractivity contribution >= 4 is 27.7 Å². The lowest BCUT2D eigenvalue weighted by atomic mass is 10.1. The van der Waals surface area contributed by atoms with Crippen LogP contribution in [-0.2, 0) is 10.0 Å². The zero-order chi connectivity index (χ0) is 18.2. The quantitative estimate of drug-likeness (QED) is 0.367. The molecule has 8 heteroatoms. The van der Waals surface area contributed by atoms with Crippen LogP contribution in [0.2, 0.25) is 0 Å². The van der Waals surface area contributed by atoms with E-state index in [1.54, 1.807) is 18.8 Å². The summed E-state index contributed by atoms with van der Waals surface area (Å²) in [4.78, 5) is 5.40. The van der Waals surface area contributed by atoms with Crippen LogP contribution in [0.25, 0.3) is 0 Å². The van der Waals surface area contributed by atoms with Gasteiger partial charge in [0.15, 0.2) is 5.96 Å². The van der Waals surface area contributed by atoms with E-state index in [4.69, 9.17) is 0 Å². The van der Waals surface area contributed by atoms with Crippen LogP contribution in [0.15, 0.2) is 40.2 Å². The van der Waals surface area contributed by atoms with Crippen molar-refractivity contribution in [2.45, 2.75) is 36.5 Å². The predicted octanol–water partition coefficient (Wildman–Crippen LogP) is 1.66. The Morgan fingerprint density at radius 1 is 1.25 bits per heavy atom. The fourth-order valence-electron chi connectivity index (χ4n) is 2.08. The molecule has 24 heavy (non-hydrogen) atoms. The highest BCUT2D eigenvalue weighted by Gasteiger charge is 2.22. The van der Waals surface area contributed by atoms with Gasteiger partial charge in [0.05, 0.1) is 6.26 Å². The molecule has 1 unspecified atom stereocenters. The summed E-state index contributed by atoms with van der Waals surface area (Å²) in [6.45, 7) is 6.97. The van der Waals surface area contributed by atoms with Gasteiger partial charge < -0.3 is 10.6 Å². The molecule has 6 nitrogen and oxygen atoms in total. The molecule has 0 bridgehead atoms. The van der Waals surface area contributed by atoms with Gasteiger partial charge in [-0.3, -0.25) is 4.99 Å². The number of sulfonamides is 1. The Morgan fingerprint density at radius 3 is 2.42 bits per heavy atom. The maximum absolute atomic E-state index is 11.4. The molecule has 0 spiro atoms. The monoisotopic (exact) mass is 372 g/mol. The van der Waals surface area contributed by atoms with E-state index >= 15 is 0 Å². The predicted molar refractivity (Wildman–Crippen MR) is 103 cm³/mol. The third-order valence-electron chi connectivity index (χ3n) is 3.02. The normalized spacial score (nSPS) is 14.3. The summed E-state index contributed by atoms with van der Waals surface area (Å²) < 4.78 is 25.3. The zero-order valence-electron chi connectivity index (χ0n) is 15.0. The van der Waals surface area contributed by atoms with Crippen LogP contribution < -0.4 is 15.4 Å². The first-order chi connectivity index (χ1) is 11.1. The first-order valence-electron chi connectivity index (χ1n) is 7.76. The molecule has 0 aliphatic rings. The molecule has 0 aliphatic carbocycles.